The summed E-state index contributed by atoms with van der Waals surface area (Å²) in [5.74, 6) is 0.325. The van der Waals surface area contributed by atoms with Crippen LogP contribution in [0.15, 0.2) is 48.5 Å². The van der Waals surface area contributed by atoms with E-state index in [9.17, 15) is 9.90 Å². The number of nitrogens with zero attached hydrogens (tertiary/aromatic N) is 1. The van der Waals surface area contributed by atoms with Crippen LogP contribution in [0.4, 0.5) is 0 Å². The van der Waals surface area contributed by atoms with Crippen LogP contribution in [0.3, 0.4) is 0 Å². The maximum atomic E-state index is 12.2. The summed E-state index contributed by atoms with van der Waals surface area (Å²) in [6.45, 7) is 0.529. The zero-order valence-electron chi connectivity index (χ0n) is 13.9. The van der Waals surface area contributed by atoms with Gasteiger partial charge in [-0.2, -0.15) is 5.26 Å². The predicted molar refractivity (Wildman–Crippen MR) is 93.1 cm³/mol. The molecule has 2 N–H and O–H groups in total. The number of hydrogen-bond acceptors (Lipinski definition) is 4. The maximum Gasteiger partial charge on any atom is 0.251 e. The normalized spacial score (nSPS) is 14.9. The second-order valence-corrected chi connectivity index (χ2v) is 6.35. The minimum atomic E-state index is -0.745. The lowest BCUT2D eigenvalue weighted by atomic mass is 9.80. The molecule has 0 radical (unpaired) electrons. The van der Waals surface area contributed by atoms with Gasteiger partial charge in [-0.3, -0.25) is 4.79 Å². The molecule has 2 aromatic carbocycles. The molecule has 0 aliphatic heterocycles. The number of benzene rings is 2. The number of aliphatic hydroxyl groups is 1. The van der Waals surface area contributed by atoms with Crippen LogP contribution in [0.25, 0.3) is 0 Å². The number of hydrogen-bond donors (Lipinski definition) is 2. The molecule has 0 saturated heterocycles. The Kier molecular flexibility index (Phi) is 5.01. The molecule has 5 nitrogen and oxygen atoms in total. The highest BCUT2D eigenvalue weighted by molar-refractivity contribution is 5.94. The Morgan fingerprint density at radius 2 is 2.04 bits per heavy atom. The van der Waals surface area contributed by atoms with Gasteiger partial charge in [-0.15, -0.1) is 0 Å². The monoisotopic (exact) mass is 336 g/mol. The first-order valence-corrected chi connectivity index (χ1v) is 8.31. The Bertz CT molecular complexity index is 807. The molecule has 25 heavy (non-hydrogen) atoms. The van der Waals surface area contributed by atoms with Crippen molar-refractivity contribution in [3.8, 4) is 11.8 Å². The lowest BCUT2D eigenvalue weighted by Crippen LogP contribution is -2.47. The lowest BCUT2D eigenvalue weighted by molar-refractivity contribution is -0.0300. The van der Waals surface area contributed by atoms with Gasteiger partial charge in [0.25, 0.3) is 5.91 Å². The molecule has 0 atom stereocenters. The molecular weight excluding hydrogens is 316 g/mol. The van der Waals surface area contributed by atoms with Gasteiger partial charge in [0.05, 0.1) is 17.2 Å². The standard InChI is InChI=1S/C20H20N2O3/c21-12-16-5-1-2-6-17(16)13-25-18-8-3-7-15(11-18)19(23)22-14-20(24)9-4-10-20/h1-3,5-8,11,24H,4,9-10,13-14H2,(H,22,23). The first kappa shape index (κ1) is 17.0. The Morgan fingerprint density at radius 3 is 2.76 bits per heavy atom. The van der Waals surface area contributed by atoms with Crippen LogP contribution in [0.5, 0.6) is 5.75 Å². The maximum absolute atomic E-state index is 12.2. The molecule has 0 bridgehead atoms. The van der Waals surface area contributed by atoms with Gasteiger partial charge in [-0.1, -0.05) is 24.3 Å². The highest BCUT2D eigenvalue weighted by atomic mass is 16.5. The fourth-order valence-electron chi connectivity index (χ4n) is 2.75. The number of rotatable bonds is 6. The zero-order valence-corrected chi connectivity index (χ0v) is 13.9. The quantitative estimate of drug-likeness (QED) is 0.850. The smallest absolute Gasteiger partial charge is 0.251 e. The van der Waals surface area contributed by atoms with Gasteiger partial charge < -0.3 is 15.2 Å². The predicted octanol–water partition coefficient (Wildman–Crippen LogP) is 2.78. The Hall–Kier alpha value is -2.84. The van der Waals surface area contributed by atoms with Crippen LogP contribution in [0, 0.1) is 11.3 Å². The third-order valence-corrected chi connectivity index (χ3v) is 4.49. The minimum absolute atomic E-state index is 0.233. The number of carbonyl (C=O) groups excluding carboxylic acids is 1. The summed E-state index contributed by atoms with van der Waals surface area (Å²) in [7, 11) is 0. The van der Waals surface area contributed by atoms with Crippen LogP contribution in [0.1, 0.15) is 40.7 Å². The SMILES string of the molecule is N#Cc1ccccc1COc1cccc(C(=O)NCC2(O)CCC2)c1. The van der Waals surface area contributed by atoms with E-state index in [0.717, 1.165) is 24.8 Å². The van der Waals surface area contributed by atoms with E-state index in [2.05, 4.69) is 11.4 Å². The van der Waals surface area contributed by atoms with Crippen LogP contribution in [0.2, 0.25) is 0 Å². The summed E-state index contributed by atoms with van der Waals surface area (Å²) in [6.07, 6.45) is 2.46. The topological polar surface area (TPSA) is 82.3 Å². The van der Waals surface area contributed by atoms with E-state index >= 15 is 0 Å². The average Bonchev–Trinajstić information content (AvgIpc) is 2.63. The summed E-state index contributed by atoms with van der Waals surface area (Å²) in [5.41, 5.74) is 1.11. The molecular formula is C20H20N2O3. The van der Waals surface area contributed by atoms with E-state index in [1.165, 1.54) is 0 Å². The third kappa shape index (κ3) is 4.17. The van der Waals surface area contributed by atoms with Crippen LogP contribution in [-0.2, 0) is 6.61 Å². The summed E-state index contributed by atoms with van der Waals surface area (Å²) in [4.78, 5) is 12.2. The molecule has 1 aliphatic carbocycles. The van der Waals surface area contributed by atoms with E-state index in [-0.39, 0.29) is 19.1 Å². The van der Waals surface area contributed by atoms with Gasteiger partial charge in [0.1, 0.15) is 12.4 Å². The van der Waals surface area contributed by atoms with Crippen LogP contribution >= 0.6 is 0 Å². The Balaban J connectivity index is 1.61. The van der Waals surface area contributed by atoms with Gasteiger partial charge >= 0.3 is 0 Å². The van der Waals surface area contributed by atoms with E-state index < -0.39 is 5.60 Å². The van der Waals surface area contributed by atoms with Gasteiger partial charge in [0.15, 0.2) is 0 Å². The molecule has 0 spiro atoms. The number of amides is 1. The van der Waals surface area contributed by atoms with Crippen molar-refractivity contribution in [2.45, 2.75) is 31.5 Å². The molecule has 2 aromatic rings. The second-order valence-electron chi connectivity index (χ2n) is 6.35. The molecule has 1 fully saturated rings. The number of nitriles is 1. The molecule has 1 saturated carbocycles. The van der Waals surface area contributed by atoms with Crippen molar-refractivity contribution in [1.82, 2.24) is 5.32 Å². The molecule has 5 heteroatoms. The van der Waals surface area contributed by atoms with Gasteiger partial charge in [-0.25, -0.2) is 0 Å². The summed E-state index contributed by atoms with van der Waals surface area (Å²) < 4.78 is 5.72. The van der Waals surface area contributed by atoms with E-state index in [1.807, 2.05) is 18.2 Å². The average molecular weight is 336 g/mol. The lowest BCUT2D eigenvalue weighted by Gasteiger charge is -2.36. The van der Waals surface area contributed by atoms with E-state index in [1.54, 1.807) is 30.3 Å². The first-order chi connectivity index (χ1) is 12.1. The van der Waals surface area contributed by atoms with Crippen molar-refractivity contribution in [1.29, 1.82) is 5.26 Å². The minimum Gasteiger partial charge on any atom is -0.489 e. The van der Waals surface area contributed by atoms with Gasteiger partial charge in [-0.05, 0) is 43.5 Å². The van der Waals surface area contributed by atoms with E-state index in [4.69, 9.17) is 10.00 Å². The summed E-state index contributed by atoms with van der Waals surface area (Å²) >= 11 is 0. The number of carbonyl (C=O) groups is 1. The fourth-order valence-corrected chi connectivity index (χ4v) is 2.75. The molecule has 3 rings (SSSR count). The van der Waals surface area contributed by atoms with Crippen LogP contribution < -0.4 is 10.1 Å². The summed E-state index contributed by atoms with van der Waals surface area (Å²) in [5, 5.41) is 21.9. The van der Waals surface area contributed by atoms with Crippen molar-refractivity contribution >= 4 is 5.91 Å². The van der Waals surface area contributed by atoms with Crippen molar-refractivity contribution < 1.29 is 14.6 Å². The number of ether oxygens (including phenoxy) is 1. The molecule has 128 valence electrons. The molecule has 1 aliphatic rings. The molecule has 0 aromatic heterocycles. The Labute approximate surface area is 146 Å². The van der Waals surface area contributed by atoms with Gasteiger partial charge in [0, 0.05) is 17.7 Å². The largest absolute Gasteiger partial charge is 0.489 e. The first-order valence-electron chi connectivity index (χ1n) is 8.31. The van der Waals surface area contributed by atoms with Gasteiger partial charge in [0.2, 0.25) is 0 Å². The Morgan fingerprint density at radius 1 is 1.24 bits per heavy atom. The summed E-state index contributed by atoms with van der Waals surface area (Å²) in [6, 6.07) is 16.3. The van der Waals surface area contributed by atoms with Crippen LogP contribution in [-0.4, -0.2) is 23.2 Å². The highest BCUT2D eigenvalue weighted by Gasteiger charge is 2.34. The second kappa shape index (κ2) is 7.37. The van der Waals surface area contributed by atoms with Crippen molar-refractivity contribution in [3.63, 3.8) is 0 Å². The fraction of sp³-hybridized carbons (Fsp3) is 0.300. The number of nitrogens with one attached hydrogen (secondary N) is 1. The molecule has 0 heterocycles. The van der Waals surface area contributed by atoms with Crippen molar-refractivity contribution in [3.05, 3.63) is 65.2 Å². The molecule has 1 amide bonds. The van der Waals surface area contributed by atoms with Crippen molar-refractivity contribution in [2.75, 3.05) is 6.54 Å². The zero-order chi connectivity index (χ0) is 17.7. The third-order valence-electron chi connectivity index (χ3n) is 4.49. The van der Waals surface area contributed by atoms with E-state index in [0.29, 0.717) is 16.9 Å². The van der Waals surface area contributed by atoms with Crippen molar-refractivity contribution in [2.24, 2.45) is 0 Å². The highest BCUT2D eigenvalue weighted by Crippen LogP contribution is 2.30. The molecule has 0 unspecified atom stereocenters.